The summed E-state index contributed by atoms with van der Waals surface area (Å²) in [6, 6.07) is 0. The number of hydrogen-bond acceptors (Lipinski definition) is 1. The SMILES string of the molecule is CC(=CC1CCCOC1)CBr. The van der Waals surface area contributed by atoms with E-state index in [1.54, 1.807) is 0 Å². The molecule has 0 saturated carbocycles. The Kier molecular flexibility index (Phi) is 4.16. The van der Waals surface area contributed by atoms with Crippen LogP contribution in [0.3, 0.4) is 0 Å². The smallest absolute Gasteiger partial charge is 0.0528 e. The fraction of sp³-hybridized carbons (Fsp3) is 0.778. The molecule has 1 atom stereocenters. The minimum atomic E-state index is 0.668. The zero-order valence-corrected chi connectivity index (χ0v) is 8.56. The summed E-state index contributed by atoms with van der Waals surface area (Å²) in [7, 11) is 0. The van der Waals surface area contributed by atoms with E-state index < -0.39 is 0 Å². The highest BCUT2D eigenvalue weighted by Gasteiger charge is 2.10. The highest BCUT2D eigenvalue weighted by atomic mass is 79.9. The molecule has 1 rings (SSSR count). The summed E-state index contributed by atoms with van der Waals surface area (Å²) in [4.78, 5) is 0. The van der Waals surface area contributed by atoms with Gasteiger partial charge in [-0.15, -0.1) is 0 Å². The molecular weight excluding hydrogens is 204 g/mol. The Balaban J connectivity index is 2.34. The Hall–Kier alpha value is 0.180. The van der Waals surface area contributed by atoms with E-state index in [0.29, 0.717) is 5.92 Å². The lowest BCUT2D eigenvalue weighted by molar-refractivity contribution is 0.0708. The van der Waals surface area contributed by atoms with Crippen LogP contribution in [0.25, 0.3) is 0 Å². The van der Waals surface area contributed by atoms with Gasteiger partial charge in [-0.2, -0.15) is 0 Å². The Morgan fingerprint density at radius 3 is 3.09 bits per heavy atom. The lowest BCUT2D eigenvalue weighted by atomic mass is 10.0. The van der Waals surface area contributed by atoms with Crippen LogP contribution in [0.5, 0.6) is 0 Å². The molecule has 1 aliphatic rings. The number of allylic oxidation sites excluding steroid dienone is 1. The minimum absolute atomic E-state index is 0.668. The van der Waals surface area contributed by atoms with Crippen molar-refractivity contribution in [3.63, 3.8) is 0 Å². The first-order valence-electron chi connectivity index (χ1n) is 4.14. The van der Waals surface area contributed by atoms with Gasteiger partial charge in [0.2, 0.25) is 0 Å². The van der Waals surface area contributed by atoms with Gasteiger partial charge in [0.15, 0.2) is 0 Å². The number of ether oxygens (including phenoxy) is 1. The summed E-state index contributed by atoms with van der Waals surface area (Å²) in [6.45, 7) is 4.03. The molecule has 11 heavy (non-hydrogen) atoms. The normalized spacial score (nSPS) is 27.1. The largest absolute Gasteiger partial charge is 0.381 e. The average Bonchev–Trinajstić information content (AvgIpc) is 2.06. The van der Waals surface area contributed by atoms with E-state index in [2.05, 4.69) is 28.9 Å². The molecule has 0 aromatic rings. The van der Waals surface area contributed by atoms with Gasteiger partial charge in [-0.25, -0.2) is 0 Å². The second kappa shape index (κ2) is 4.94. The summed E-state index contributed by atoms with van der Waals surface area (Å²) >= 11 is 3.43. The topological polar surface area (TPSA) is 9.23 Å². The molecule has 0 bridgehead atoms. The van der Waals surface area contributed by atoms with Crippen LogP contribution in [0, 0.1) is 5.92 Å². The number of hydrogen-bond donors (Lipinski definition) is 0. The maximum atomic E-state index is 5.37. The first-order chi connectivity index (χ1) is 5.33. The molecule has 0 N–H and O–H groups in total. The van der Waals surface area contributed by atoms with Gasteiger partial charge in [-0.05, 0) is 19.8 Å². The third-order valence-electron chi connectivity index (χ3n) is 1.93. The van der Waals surface area contributed by atoms with Crippen molar-refractivity contribution in [1.82, 2.24) is 0 Å². The van der Waals surface area contributed by atoms with Gasteiger partial charge in [0.1, 0.15) is 0 Å². The van der Waals surface area contributed by atoms with E-state index in [1.807, 2.05) is 0 Å². The molecule has 0 aromatic carbocycles. The Labute approximate surface area is 76.9 Å². The summed E-state index contributed by atoms with van der Waals surface area (Å²) in [5.74, 6) is 0.668. The maximum Gasteiger partial charge on any atom is 0.0528 e. The highest BCUT2D eigenvalue weighted by molar-refractivity contribution is 9.09. The van der Waals surface area contributed by atoms with Crippen molar-refractivity contribution in [3.05, 3.63) is 11.6 Å². The lowest BCUT2D eigenvalue weighted by Crippen LogP contribution is -2.15. The number of rotatable bonds is 2. The molecule has 0 amide bonds. The van der Waals surface area contributed by atoms with E-state index in [9.17, 15) is 0 Å². The van der Waals surface area contributed by atoms with Crippen LogP contribution < -0.4 is 0 Å². The predicted octanol–water partition coefficient (Wildman–Crippen LogP) is 2.75. The molecule has 0 aromatic heterocycles. The van der Waals surface area contributed by atoms with E-state index in [1.165, 1.54) is 18.4 Å². The van der Waals surface area contributed by atoms with Crippen LogP contribution in [0.4, 0.5) is 0 Å². The summed E-state index contributed by atoms with van der Waals surface area (Å²) in [5.41, 5.74) is 1.42. The first-order valence-corrected chi connectivity index (χ1v) is 5.26. The van der Waals surface area contributed by atoms with Gasteiger partial charge in [0.25, 0.3) is 0 Å². The molecule has 0 aliphatic carbocycles. The summed E-state index contributed by atoms with van der Waals surface area (Å²) < 4.78 is 5.37. The minimum Gasteiger partial charge on any atom is -0.381 e. The van der Waals surface area contributed by atoms with Crippen molar-refractivity contribution < 1.29 is 4.74 Å². The van der Waals surface area contributed by atoms with Gasteiger partial charge in [0, 0.05) is 17.9 Å². The van der Waals surface area contributed by atoms with Crippen molar-refractivity contribution in [3.8, 4) is 0 Å². The molecule has 1 saturated heterocycles. The Morgan fingerprint density at radius 1 is 1.73 bits per heavy atom. The van der Waals surface area contributed by atoms with E-state index in [0.717, 1.165) is 18.5 Å². The molecule has 1 aliphatic heterocycles. The third-order valence-corrected chi connectivity index (χ3v) is 2.81. The van der Waals surface area contributed by atoms with Crippen LogP contribution in [0.1, 0.15) is 19.8 Å². The standard InChI is InChI=1S/C9H15BrO/c1-8(6-10)5-9-3-2-4-11-7-9/h5,9H,2-4,6-7H2,1H3. The second-order valence-corrected chi connectivity index (χ2v) is 3.68. The molecule has 1 heterocycles. The van der Waals surface area contributed by atoms with Crippen LogP contribution in [-0.2, 0) is 4.74 Å². The Morgan fingerprint density at radius 2 is 2.55 bits per heavy atom. The van der Waals surface area contributed by atoms with Crippen molar-refractivity contribution in [2.24, 2.45) is 5.92 Å². The van der Waals surface area contributed by atoms with Crippen LogP contribution in [0.15, 0.2) is 11.6 Å². The third kappa shape index (κ3) is 3.39. The quantitative estimate of drug-likeness (QED) is 0.512. The van der Waals surface area contributed by atoms with Crippen molar-refractivity contribution in [1.29, 1.82) is 0 Å². The zero-order chi connectivity index (χ0) is 8.10. The molecule has 1 unspecified atom stereocenters. The molecule has 64 valence electrons. The molecule has 0 radical (unpaired) electrons. The average molecular weight is 219 g/mol. The van der Waals surface area contributed by atoms with Gasteiger partial charge in [-0.3, -0.25) is 0 Å². The van der Waals surface area contributed by atoms with E-state index >= 15 is 0 Å². The van der Waals surface area contributed by atoms with E-state index in [4.69, 9.17) is 4.74 Å². The van der Waals surface area contributed by atoms with Gasteiger partial charge >= 0.3 is 0 Å². The molecule has 0 spiro atoms. The summed E-state index contributed by atoms with van der Waals surface area (Å²) in [5, 5.41) is 0.990. The molecule has 2 heteroatoms. The number of alkyl halides is 1. The van der Waals surface area contributed by atoms with Crippen molar-refractivity contribution in [2.75, 3.05) is 18.5 Å². The highest BCUT2D eigenvalue weighted by Crippen LogP contribution is 2.16. The summed E-state index contributed by atoms with van der Waals surface area (Å²) in [6.07, 6.45) is 4.84. The van der Waals surface area contributed by atoms with Crippen LogP contribution >= 0.6 is 15.9 Å². The second-order valence-electron chi connectivity index (χ2n) is 3.12. The van der Waals surface area contributed by atoms with Gasteiger partial charge in [0.05, 0.1) is 6.61 Å². The molecule has 1 nitrogen and oxygen atoms in total. The fourth-order valence-electron chi connectivity index (χ4n) is 1.34. The Bertz CT molecular complexity index is 136. The monoisotopic (exact) mass is 218 g/mol. The van der Waals surface area contributed by atoms with Crippen molar-refractivity contribution >= 4 is 15.9 Å². The van der Waals surface area contributed by atoms with Crippen LogP contribution in [0.2, 0.25) is 0 Å². The van der Waals surface area contributed by atoms with Gasteiger partial charge < -0.3 is 4.74 Å². The van der Waals surface area contributed by atoms with E-state index in [-0.39, 0.29) is 0 Å². The molecule has 1 fully saturated rings. The number of halogens is 1. The van der Waals surface area contributed by atoms with Crippen LogP contribution in [-0.4, -0.2) is 18.5 Å². The van der Waals surface area contributed by atoms with Crippen molar-refractivity contribution in [2.45, 2.75) is 19.8 Å². The fourth-order valence-corrected chi connectivity index (χ4v) is 1.53. The molecular formula is C9H15BrO. The predicted molar refractivity (Wildman–Crippen MR) is 51.1 cm³/mol. The maximum absolute atomic E-state index is 5.37. The lowest BCUT2D eigenvalue weighted by Gasteiger charge is -2.19. The van der Waals surface area contributed by atoms with Gasteiger partial charge in [-0.1, -0.05) is 27.6 Å². The first kappa shape index (κ1) is 9.27. The zero-order valence-electron chi connectivity index (χ0n) is 6.98.